The molecule has 10 heteroatoms. The SMILES string of the molecule is CC/C=C\C/C=C\C/C=C\C/C=C\C/C=C\C/C=C\CCC(=O)OCC(O)COP(=O)(O)OCCNC(=O)CCC/C=C\C/C=C\C/C=C\C/C=C\CCCCC. The van der Waals surface area contributed by atoms with Gasteiger partial charge in [-0.3, -0.25) is 18.6 Å². The van der Waals surface area contributed by atoms with Crippen LogP contribution in [-0.4, -0.2) is 54.3 Å². The summed E-state index contributed by atoms with van der Waals surface area (Å²) in [5.74, 6) is -0.673. The van der Waals surface area contributed by atoms with Crippen molar-refractivity contribution in [2.45, 2.75) is 136 Å². The number of carbonyl (C=O) groups is 2. The third-order valence-electron chi connectivity index (χ3n) is 7.89. The maximum atomic E-state index is 12.1. The molecule has 0 aromatic carbocycles. The molecule has 0 aliphatic heterocycles. The molecular formula is C47H74NO8P. The summed E-state index contributed by atoms with van der Waals surface area (Å²) in [7, 11) is -4.46. The lowest BCUT2D eigenvalue weighted by atomic mass is 10.2. The maximum absolute atomic E-state index is 12.1. The normalized spacial score (nSPS) is 14.5. The van der Waals surface area contributed by atoms with Crippen LogP contribution >= 0.6 is 7.82 Å². The van der Waals surface area contributed by atoms with Crippen LogP contribution in [0.5, 0.6) is 0 Å². The Hall–Kier alpha value is -3.59. The highest BCUT2D eigenvalue weighted by Gasteiger charge is 2.23. The molecule has 0 bridgehead atoms. The first-order valence-corrected chi connectivity index (χ1v) is 22.5. The average molecular weight is 812 g/mol. The van der Waals surface area contributed by atoms with Gasteiger partial charge in [-0.1, -0.05) is 148 Å². The van der Waals surface area contributed by atoms with E-state index in [0.29, 0.717) is 19.3 Å². The number of hydrogen-bond acceptors (Lipinski definition) is 7. The number of phosphoric ester groups is 1. The molecule has 2 unspecified atom stereocenters. The molecule has 320 valence electrons. The third kappa shape index (κ3) is 43.4. The molecule has 0 radical (unpaired) electrons. The number of hydrogen-bond donors (Lipinski definition) is 3. The lowest BCUT2D eigenvalue weighted by Crippen LogP contribution is -2.27. The zero-order chi connectivity index (χ0) is 41.8. The van der Waals surface area contributed by atoms with Crippen LogP contribution in [0.2, 0.25) is 0 Å². The minimum absolute atomic E-state index is 0.0357. The first kappa shape index (κ1) is 53.4. The van der Waals surface area contributed by atoms with Gasteiger partial charge in [0, 0.05) is 19.4 Å². The molecule has 0 heterocycles. The topological polar surface area (TPSA) is 131 Å². The molecule has 9 nitrogen and oxygen atoms in total. The van der Waals surface area contributed by atoms with E-state index in [4.69, 9.17) is 13.8 Å². The van der Waals surface area contributed by atoms with Crippen LogP contribution in [0.4, 0.5) is 0 Å². The lowest BCUT2D eigenvalue weighted by Gasteiger charge is -2.15. The van der Waals surface area contributed by atoms with Crippen molar-refractivity contribution in [1.82, 2.24) is 5.32 Å². The highest BCUT2D eigenvalue weighted by atomic mass is 31.2. The summed E-state index contributed by atoms with van der Waals surface area (Å²) in [4.78, 5) is 33.8. The minimum Gasteiger partial charge on any atom is -0.463 e. The number of unbranched alkanes of at least 4 members (excludes halogenated alkanes) is 4. The smallest absolute Gasteiger partial charge is 0.463 e. The first-order chi connectivity index (χ1) is 27.8. The van der Waals surface area contributed by atoms with Gasteiger partial charge in [0.2, 0.25) is 5.91 Å². The number of rotatable bonds is 37. The second-order valence-corrected chi connectivity index (χ2v) is 14.7. The molecule has 0 saturated heterocycles. The van der Waals surface area contributed by atoms with Crippen LogP contribution in [-0.2, 0) is 27.9 Å². The number of aliphatic hydroxyl groups excluding tert-OH is 1. The summed E-state index contributed by atoms with van der Waals surface area (Å²) >= 11 is 0. The second-order valence-electron chi connectivity index (χ2n) is 13.2. The molecule has 0 rings (SSSR count). The van der Waals surface area contributed by atoms with E-state index < -0.39 is 26.5 Å². The van der Waals surface area contributed by atoms with Gasteiger partial charge in [0.05, 0.1) is 13.2 Å². The summed E-state index contributed by atoms with van der Waals surface area (Å²) in [6, 6.07) is 0. The number of ether oxygens (including phenoxy) is 1. The van der Waals surface area contributed by atoms with E-state index in [1.807, 2.05) is 12.2 Å². The van der Waals surface area contributed by atoms with Gasteiger partial charge in [-0.25, -0.2) is 4.57 Å². The summed E-state index contributed by atoms with van der Waals surface area (Å²) in [5.41, 5.74) is 0. The van der Waals surface area contributed by atoms with E-state index in [2.05, 4.69) is 129 Å². The Labute approximate surface area is 345 Å². The van der Waals surface area contributed by atoms with Gasteiger partial charge >= 0.3 is 13.8 Å². The van der Waals surface area contributed by atoms with Gasteiger partial charge in [-0.15, -0.1) is 0 Å². The molecule has 0 spiro atoms. The molecule has 0 fully saturated rings. The number of esters is 1. The van der Waals surface area contributed by atoms with Crippen LogP contribution in [0.25, 0.3) is 0 Å². The zero-order valence-electron chi connectivity index (χ0n) is 35.0. The number of carbonyl (C=O) groups excluding carboxylic acids is 2. The molecule has 0 aromatic rings. The Morgan fingerprint density at radius 1 is 0.561 bits per heavy atom. The fourth-order valence-corrected chi connectivity index (χ4v) is 5.51. The van der Waals surface area contributed by atoms with Gasteiger partial charge < -0.3 is 20.1 Å². The quantitative estimate of drug-likeness (QED) is 0.0245. The largest absolute Gasteiger partial charge is 0.472 e. The van der Waals surface area contributed by atoms with Gasteiger partial charge in [-0.2, -0.15) is 0 Å². The molecular weight excluding hydrogens is 737 g/mol. The van der Waals surface area contributed by atoms with Crippen molar-refractivity contribution in [2.24, 2.45) is 0 Å². The van der Waals surface area contributed by atoms with Crippen LogP contribution < -0.4 is 5.32 Å². The molecule has 57 heavy (non-hydrogen) atoms. The number of allylic oxidation sites excluding steroid dienone is 20. The van der Waals surface area contributed by atoms with Gasteiger partial charge in [0.25, 0.3) is 0 Å². The zero-order valence-corrected chi connectivity index (χ0v) is 35.9. The van der Waals surface area contributed by atoms with Crippen molar-refractivity contribution in [3.8, 4) is 0 Å². The standard InChI is InChI=1S/C47H74NO8P/c1-3-5-7-9-11-13-15-17-19-21-22-24-26-28-30-32-34-36-38-40-47(51)54-43-45(49)44-56-57(52,53)55-42-41-48-46(50)39-37-35-33-31-29-27-25-23-20-18-16-14-12-10-8-6-4-2/h5,7,11-14,17-20,22,24-25,27-28,30-31,33-34,36,45,49H,3-4,6,8-10,15-16,21,23,26,29,32,35,37-44H2,1-2H3,(H,48,50)(H,52,53)/b7-5-,13-11-,14-12-,19-17-,20-18-,24-22-,27-25-,30-28-,33-31-,36-34-. The number of aliphatic hydroxyl groups is 1. The van der Waals surface area contributed by atoms with E-state index in [0.717, 1.165) is 64.2 Å². The summed E-state index contributed by atoms with van der Waals surface area (Å²) in [5, 5.41) is 12.6. The Balaban J connectivity index is 3.82. The summed E-state index contributed by atoms with van der Waals surface area (Å²) in [6.45, 7) is 3.22. The van der Waals surface area contributed by atoms with Crippen LogP contribution in [0.15, 0.2) is 122 Å². The van der Waals surface area contributed by atoms with Crippen molar-refractivity contribution in [3.05, 3.63) is 122 Å². The molecule has 0 aliphatic carbocycles. The van der Waals surface area contributed by atoms with Crippen molar-refractivity contribution in [2.75, 3.05) is 26.4 Å². The van der Waals surface area contributed by atoms with E-state index in [9.17, 15) is 24.2 Å². The van der Waals surface area contributed by atoms with Gasteiger partial charge in [0.1, 0.15) is 12.7 Å². The molecule has 0 aromatic heterocycles. The van der Waals surface area contributed by atoms with Crippen LogP contribution in [0.1, 0.15) is 129 Å². The fourth-order valence-electron chi connectivity index (χ4n) is 4.75. The predicted octanol–water partition coefficient (Wildman–Crippen LogP) is 11.8. The van der Waals surface area contributed by atoms with Crippen LogP contribution in [0.3, 0.4) is 0 Å². The fraction of sp³-hybridized carbons (Fsp3) is 0.532. The molecule has 2 atom stereocenters. The van der Waals surface area contributed by atoms with E-state index in [1.165, 1.54) is 25.7 Å². The van der Waals surface area contributed by atoms with E-state index >= 15 is 0 Å². The predicted molar refractivity (Wildman–Crippen MR) is 238 cm³/mol. The van der Waals surface area contributed by atoms with Crippen molar-refractivity contribution >= 4 is 19.7 Å². The lowest BCUT2D eigenvalue weighted by molar-refractivity contribution is -0.147. The van der Waals surface area contributed by atoms with Gasteiger partial charge in [-0.05, 0) is 89.9 Å². The highest BCUT2D eigenvalue weighted by Crippen LogP contribution is 2.42. The monoisotopic (exact) mass is 812 g/mol. The highest BCUT2D eigenvalue weighted by molar-refractivity contribution is 7.47. The number of phosphoric acid groups is 1. The van der Waals surface area contributed by atoms with Crippen LogP contribution in [0, 0.1) is 0 Å². The molecule has 1 amide bonds. The Morgan fingerprint density at radius 2 is 1.00 bits per heavy atom. The molecule has 0 aliphatic rings. The van der Waals surface area contributed by atoms with Gasteiger partial charge in [0.15, 0.2) is 0 Å². The van der Waals surface area contributed by atoms with Crippen molar-refractivity contribution in [1.29, 1.82) is 0 Å². The number of nitrogens with one attached hydrogen (secondary N) is 1. The summed E-state index contributed by atoms with van der Waals surface area (Å²) in [6.07, 6.45) is 57.2. The van der Waals surface area contributed by atoms with Crippen molar-refractivity contribution < 1.29 is 37.9 Å². The Bertz CT molecular complexity index is 1340. The Kier molecular flexibility index (Phi) is 39.4. The average Bonchev–Trinajstić information content (AvgIpc) is 3.20. The van der Waals surface area contributed by atoms with Crippen molar-refractivity contribution in [3.63, 3.8) is 0 Å². The second kappa shape index (κ2) is 42.0. The summed E-state index contributed by atoms with van der Waals surface area (Å²) < 4.78 is 26.7. The van der Waals surface area contributed by atoms with E-state index in [1.54, 1.807) is 0 Å². The molecule has 3 N–H and O–H groups in total. The number of amides is 1. The first-order valence-electron chi connectivity index (χ1n) is 21.0. The Morgan fingerprint density at radius 3 is 1.47 bits per heavy atom. The molecule has 0 saturated carbocycles. The minimum atomic E-state index is -4.46. The third-order valence-corrected chi connectivity index (χ3v) is 8.87. The maximum Gasteiger partial charge on any atom is 0.472 e. The van der Waals surface area contributed by atoms with E-state index in [-0.39, 0.29) is 32.1 Å².